The van der Waals surface area contributed by atoms with Crippen LogP contribution in [0.25, 0.3) is 0 Å². The van der Waals surface area contributed by atoms with E-state index in [0.717, 1.165) is 0 Å². The van der Waals surface area contributed by atoms with Crippen molar-refractivity contribution in [2.24, 2.45) is 0 Å². The van der Waals surface area contributed by atoms with Gasteiger partial charge >= 0.3 is 23.4 Å². The van der Waals surface area contributed by atoms with Crippen molar-refractivity contribution in [2.45, 2.75) is 61.0 Å². The molecule has 0 radical (unpaired) electrons. The molecule has 0 fully saturated rings. The van der Waals surface area contributed by atoms with Gasteiger partial charge in [-0.1, -0.05) is 0 Å². The van der Waals surface area contributed by atoms with E-state index in [2.05, 4.69) is 0 Å². The SMILES string of the molecule is CCOC(OCC)(O[Si](OCC)(OCC)OCC)[Si](OCC)(OCC)OCC. The maximum absolute atomic E-state index is 6.37. The molecule has 28 heavy (non-hydrogen) atoms. The summed E-state index contributed by atoms with van der Waals surface area (Å²) in [4.78, 5) is 0. The van der Waals surface area contributed by atoms with Gasteiger partial charge in [-0.3, -0.25) is 4.43 Å². The second-order valence-corrected chi connectivity index (χ2v) is 9.84. The van der Waals surface area contributed by atoms with E-state index in [1.165, 1.54) is 0 Å². The summed E-state index contributed by atoms with van der Waals surface area (Å²) < 4.78 is 54.1. The predicted octanol–water partition coefficient (Wildman–Crippen LogP) is 2.86. The Hall–Kier alpha value is 0.0738. The maximum atomic E-state index is 6.37. The van der Waals surface area contributed by atoms with Crippen molar-refractivity contribution in [2.75, 3.05) is 52.9 Å². The molecule has 0 heterocycles. The van der Waals surface area contributed by atoms with Crippen LogP contribution in [0, 0.1) is 0 Å². The summed E-state index contributed by atoms with van der Waals surface area (Å²) in [5, 5.41) is 0. The van der Waals surface area contributed by atoms with E-state index < -0.39 is 23.4 Å². The van der Waals surface area contributed by atoms with Gasteiger partial charge in [0.05, 0.1) is 0 Å². The number of ether oxygens (including phenoxy) is 2. The van der Waals surface area contributed by atoms with Crippen molar-refractivity contribution in [3.05, 3.63) is 0 Å². The van der Waals surface area contributed by atoms with E-state index in [1.807, 2.05) is 55.4 Å². The molecule has 0 saturated heterocycles. The van der Waals surface area contributed by atoms with Crippen molar-refractivity contribution in [3.63, 3.8) is 0 Å². The molecule has 11 heteroatoms. The molecule has 0 saturated carbocycles. The fraction of sp³-hybridized carbons (Fsp3) is 1.00. The predicted molar refractivity (Wildman–Crippen MR) is 108 cm³/mol. The van der Waals surface area contributed by atoms with Gasteiger partial charge in [-0.05, 0) is 55.4 Å². The van der Waals surface area contributed by atoms with Crippen molar-refractivity contribution in [1.29, 1.82) is 0 Å². The van der Waals surface area contributed by atoms with E-state index >= 15 is 0 Å². The van der Waals surface area contributed by atoms with E-state index in [9.17, 15) is 0 Å². The van der Waals surface area contributed by atoms with E-state index in [0.29, 0.717) is 39.6 Å². The number of hydrogen-bond donors (Lipinski definition) is 0. The Morgan fingerprint density at radius 3 is 1.04 bits per heavy atom. The number of hydrogen-bond acceptors (Lipinski definition) is 9. The van der Waals surface area contributed by atoms with Gasteiger partial charge in [0.2, 0.25) is 0 Å². The fourth-order valence-electron chi connectivity index (χ4n) is 2.59. The van der Waals surface area contributed by atoms with Crippen molar-refractivity contribution in [3.8, 4) is 0 Å². The maximum Gasteiger partial charge on any atom is 0.683 e. The van der Waals surface area contributed by atoms with E-state index in [-0.39, 0.29) is 13.2 Å². The molecule has 0 atom stereocenters. The van der Waals surface area contributed by atoms with Crippen LogP contribution >= 0.6 is 0 Å². The summed E-state index contributed by atoms with van der Waals surface area (Å²) in [6, 6.07) is 0. The Labute approximate surface area is 172 Å². The molecule has 0 aromatic rings. The molecule has 0 amide bonds. The Morgan fingerprint density at radius 2 is 0.786 bits per heavy atom. The van der Waals surface area contributed by atoms with Gasteiger partial charge in [-0.2, -0.15) is 0 Å². The van der Waals surface area contributed by atoms with Gasteiger partial charge in [0, 0.05) is 52.9 Å². The Bertz CT molecular complexity index is 348. The first-order chi connectivity index (χ1) is 13.4. The highest BCUT2D eigenvalue weighted by Crippen LogP contribution is 2.35. The largest absolute Gasteiger partial charge is 0.683 e. The second-order valence-electron chi connectivity index (χ2n) is 5.18. The molecule has 0 aliphatic rings. The third kappa shape index (κ3) is 7.40. The lowest BCUT2D eigenvalue weighted by Crippen LogP contribution is -2.73. The van der Waals surface area contributed by atoms with Gasteiger partial charge in [-0.15, -0.1) is 0 Å². The zero-order chi connectivity index (χ0) is 21.5. The lowest BCUT2D eigenvalue weighted by atomic mass is 10.8. The number of rotatable bonds is 19. The summed E-state index contributed by atoms with van der Waals surface area (Å²) in [7, 11) is -7.34. The molecule has 0 unspecified atom stereocenters. The van der Waals surface area contributed by atoms with E-state index in [4.69, 9.17) is 40.5 Å². The standard InChI is InChI=1S/C17H40O9Si2/c1-9-18-17(19-10-2,27(20-11-3,21-12-4)22-13-5)26-28(23-14-6,24-15-7)25-16-8/h9-16H2,1-8H3. The van der Waals surface area contributed by atoms with Crippen molar-refractivity contribution in [1.82, 2.24) is 0 Å². The average Bonchev–Trinajstić information content (AvgIpc) is 2.63. The Balaban J connectivity index is 6.46. The molecule has 0 aliphatic carbocycles. The summed E-state index contributed by atoms with van der Waals surface area (Å²) >= 11 is 0. The molecular formula is C17H40O9Si2. The molecule has 9 nitrogen and oxygen atoms in total. The monoisotopic (exact) mass is 444 g/mol. The Kier molecular flexibility index (Phi) is 15.0. The molecule has 0 spiro atoms. The smallest absolute Gasteiger partial charge is 0.369 e. The van der Waals surface area contributed by atoms with Crippen LogP contribution in [0.2, 0.25) is 0 Å². The van der Waals surface area contributed by atoms with Crippen LogP contribution < -0.4 is 0 Å². The Morgan fingerprint density at radius 1 is 0.464 bits per heavy atom. The zero-order valence-corrected chi connectivity index (χ0v) is 20.8. The van der Waals surface area contributed by atoms with Crippen LogP contribution in [0.3, 0.4) is 0 Å². The average molecular weight is 445 g/mol. The minimum Gasteiger partial charge on any atom is -0.369 e. The highest BCUT2D eigenvalue weighted by molar-refractivity contribution is 6.65. The van der Waals surface area contributed by atoms with Crippen molar-refractivity contribution < 1.29 is 40.5 Å². The molecule has 0 bridgehead atoms. The first-order valence-electron chi connectivity index (χ1n) is 10.3. The molecule has 0 aromatic carbocycles. The van der Waals surface area contributed by atoms with Crippen LogP contribution in [0.4, 0.5) is 0 Å². The molecule has 0 rings (SSSR count). The normalized spacial score (nSPS) is 13.3. The summed E-state index contributed by atoms with van der Waals surface area (Å²) in [5.41, 5.74) is -1.79. The van der Waals surface area contributed by atoms with Gasteiger partial charge in [0.1, 0.15) is 0 Å². The van der Waals surface area contributed by atoms with Gasteiger partial charge in [-0.25, -0.2) is 0 Å². The van der Waals surface area contributed by atoms with Gasteiger partial charge < -0.3 is 36.0 Å². The van der Waals surface area contributed by atoms with Crippen LogP contribution in [0.1, 0.15) is 55.4 Å². The van der Waals surface area contributed by atoms with E-state index in [1.54, 1.807) is 0 Å². The zero-order valence-electron chi connectivity index (χ0n) is 18.8. The lowest BCUT2D eigenvalue weighted by molar-refractivity contribution is -0.342. The minimum absolute atomic E-state index is 0.261. The molecular weight excluding hydrogens is 404 g/mol. The van der Waals surface area contributed by atoms with Crippen LogP contribution in [-0.2, 0) is 40.5 Å². The first kappa shape index (κ1) is 28.1. The van der Waals surface area contributed by atoms with Crippen LogP contribution in [0.5, 0.6) is 0 Å². The second kappa shape index (κ2) is 15.0. The summed E-state index contributed by atoms with van der Waals surface area (Å²) in [5.74, 6) is 0. The first-order valence-corrected chi connectivity index (χ1v) is 13.6. The molecule has 0 N–H and O–H groups in total. The molecule has 0 aliphatic heterocycles. The van der Waals surface area contributed by atoms with Crippen molar-refractivity contribution >= 4 is 17.9 Å². The highest BCUT2D eigenvalue weighted by Gasteiger charge is 2.71. The third-order valence-corrected chi connectivity index (χ3v) is 9.07. The van der Waals surface area contributed by atoms with Crippen LogP contribution in [-0.4, -0.2) is 76.3 Å². The van der Waals surface area contributed by atoms with Crippen LogP contribution in [0.15, 0.2) is 0 Å². The lowest BCUT2D eigenvalue weighted by Gasteiger charge is -2.45. The van der Waals surface area contributed by atoms with Gasteiger partial charge in [0.25, 0.3) is 0 Å². The fourth-order valence-corrected chi connectivity index (χ4v) is 7.96. The molecule has 170 valence electrons. The molecule has 0 aromatic heterocycles. The third-order valence-electron chi connectivity index (χ3n) is 3.27. The highest BCUT2D eigenvalue weighted by atomic mass is 28.4. The quantitative estimate of drug-likeness (QED) is 0.220. The topological polar surface area (TPSA) is 83.1 Å². The van der Waals surface area contributed by atoms with Gasteiger partial charge in [0.15, 0.2) is 0 Å². The summed E-state index contributed by atoms with van der Waals surface area (Å²) in [6.45, 7) is 17.2. The summed E-state index contributed by atoms with van der Waals surface area (Å²) in [6.07, 6.45) is 0. The minimum atomic E-state index is -3.69.